The molecule has 0 aromatic heterocycles. The maximum absolute atomic E-state index is 11.9. The molecular formula is C13H18O3S. The first-order valence-electron chi connectivity index (χ1n) is 5.61. The highest BCUT2D eigenvalue weighted by Gasteiger charge is 2.14. The monoisotopic (exact) mass is 254 g/mol. The van der Waals surface area contributed by atoms with E-state index in [9.17, 15) is 9.00 Å². The molecule has 0 saturated carbocycles. The molecule has 0 saturated heterocycles. The molecule has 3 nitrogen and oxygen atoms in total. The Labute approximate surface area is 105 Å². The quantitative estimate of drug-likeness (QED) is 0.732. The molecule has 4 heteroatoms. The van der Waals surface area contributed by atoms with Crippen LogP contribution in [0.2, 0.25) is 0 Å². The predicted molar refractivity (Wildman–Crippen MR) is 70.2 cm³/mol. The van der Waals surface area contributed by atoms with Crippen molar-refractivity contribution < 1.29 is 13.7 Å². The molecular weight excluding hydrogens is 236 g/mol. The summed E-state index contributed by atoms with van der Waals surface area (Å²) in [5.74, 6) is 1.09. The van der Waals surface area contributed by atoms with Gasteiger partial charge in [-0.2, -0.15) is 0 Å². The summed E-state index contributed by atoms with van der Waals surface area (Å²) in [5.41, 5.74) is 1.55. The fourth-order valence-corrected chi connectivity index (χ4v) is 2.60. The van der Waals surface area contributed by atoms with Crippen molar-refractivity contribution in [3.05, 3.63) is 29.3 Å². The van der Waals surface area contributed by atoms with E-state index in [0.717, 1.165) is 12.0 Å². The van der Waals surface area contributed by atoms with Gasteiger partial charge in [-0.15, -0.1) is 0 Å². The lowest BCUT2D eigenvalue weighted by atomic mass is 10.1. The second kappa shape index (κ2) is 6.55. The van der Waals surface area contributed by atoms with Crippen molar-refractivity contribution in [3.63, 3.8) is 0 Å². The van der Waals surface area contributed by atoms with Gasteiger partial charge in [-0.3, -0.25) is 9.00 Å². The average Bonchev–Trinajstić information content (AvgIpc) is 2.28. The van der Waals surface area contributed by atoms with Gasteiger partial charge in [-0.1, -0.05) is 13.0 Å². The van der Waals surface area contributed by atoms with E-state index in [0.29, 0.717) is 17.1 Å². The van der Waals surface area contributed by atoms with Crippen molar-refractivity contribution in [2.45, 2.75) is 20.3 Å². The first-order valence-corrected chi connectivity index (χ1v) is 7.10. The van der Waals surface area contributed by atoms with Crippen molar-refractivity contribution in [2.24, 2.45) is 0 Å². The summed E-state index contributed by atoms with van der Waals surface area (Å²) in [6, 6.07) is 5.41. The van der Waals surface area contributed by atoms with Crippen LogP contribution in [0.5, 0.6) is 5.75 Å². The summed E-state index contributed by atoms with van der Waals surface area (Å²) in [6.45, 7) is 3.89. The molecule has 0 fully saturated rings. The van der Waals surface area contributed by atoms with Crippen LogP contribution in [0.15, 0.2) is 18.2 Å². The van der Waals surface area contributed by atoms with Gasteiger partial charge in [0.25, 0.3) is 0 Å². The molecule has 17 heavy (non-hydrogen) atoms. The van der Waals surface area contributed by atoms with Crippen LogP contribution in [0.25, 0.3) is 0 Å². The number of carbonyl (C=O) groups is 1. The van der Waals surface area contributed by atoms with Crippen molar-refractivity contribution >= 4 is 16.6 Å². The molecule has 0 amide bonds. The van der Waals surface area contributed by atoms with Crippen LogP contribution in [0, 0.1) is 6.92 Å². The van der Waals surface area contributed by atoms with Gasteiger partial charge < -0.3 is 4.74 Å². The van der Waals surface area contributed by atoms with Gasteiger partial charge in [0.05, 0.1) is 18.4 Å². The molecule has 94 valence electrons. The number of ether oxygens (including phenoxy) is 1. The van der Waals surface area contributed by atoms with Crippen LogP contribution in [0.3, 0.4) is 0 Å². The van der Waals surface area contributed by atoms with E-state index >= 15 is 0 Å². The summed E-state index contributed by atoms with van der Waals surface area (Å²) < 4.78 is 16.7. The van der Waals surface area contributed by atoms with Gasteiger partial charge in [-0.25, -0.2) is 0 Å². The number of hydrogen-bond acceptors (Lipinski definition) is 3. The molecule has 0 aliphatic carbocycles. The van der Waals surface area contributed by atoms with Gasteiger partial charge >= 0.3 is 0 Å². The van der Waals surface area contributed by atoms with Gasteiger partial charge in [0.15, 0.2) is 5.78 Å². The van der Waals surface area contributed by atoms with Crippen LogP contribution >= 0.6 is 0 Å². The first kappa shape index (κ1) is 13.9. The zero-order valence-electron chi connectivity index (χ0n) is 10.5. The number of hydrogen-bond donors (Lipinski definition) is 0. The summed E-state index contributed by atoms with van der Waals surface area (Å²) in [6.07, 6.45) is 0.824. The lowest BCUT2D eigenvalue weighted by Gasteiger charge is -2.08. The van der Waals surface area contributed by atoms with Crippen molar-refractivity contribution in [3.8, 4) is 5.75 Å². The Balaban J connectivity index is 2.85. The smallest absolute Gasteiger partial charge is 0.179 e. The van der Waals surface area contributed by atoms with E-state index in [1.165, 1.54) is 7.11 Å². The number of Topliss-reactive ketones (excluding diaryl/α,β-unsaturated/α-hetero) is 1. The molecule has 1 aromatic carbocycles. The fraction of sp³-hybridized carbons (Fsp3) is 0.462. The van der Waals surface area contributed by atoms with Crippen LogP contribution in [0.4, 0.5) is 0 Å². The number of rotatable bonds is 6. The van der Waals surface area contributed by atoms with Crippen LogP contribution in [0.1, 0.15) is 29.3 Å². The van der Waals surface area contributed by atoms with E-state index in [-0.39, 0.29) is 11.5 Å². The summed E-state index contributed by atoms with van der Waals surface area (Å²) in [4.78, 5) is 11.9. The molecule has 1 rings (SSSR count). The Morgan fingerprint density at radius 3 is 2.71 bits per heavy atom. The lowest BCUT2D eigenvalue weighted by molar-refractivity contribution is 0.101. The molecule has 1 unspecified atom stereocenters. The van der Waals surface area contributed by atoms with Gasteiger partial charge in [0.1, 0.15) is 5.75 Å². The molecule has 0 heterocycles. The summed E-state index contributed by atoms with van der Waals surface area (Å²) >= 11 is 0. The van der Waals surface area contributed by atoms with Crippen LogP contribution in [-0.2, 0) is 10.8 Å². The number of methoxy groups -OCH3 is 1. The van der Waals surface area contributed by atoms with Gasteiger partial charge in [-0.05, 0) is 31.0 Å². The molecule has 0 aliphatic heterocycles. The van der Waals surface area contributed by atoms with Crippen LogP contribution < -0.4 is 4.74 Å². The molecule has 0 N–H and O–H groups in total. The number of ketones is 1. The highest BCUT2D eigenvalue weighted by molar-refractivity contribution is 7.85. The van der Waals surface area contributed by atoms with Crippen molar-refractivity contribution in [1.29, 1.82) is 0 Å². The zero-order chi connectivity index (χ0) is 12.8. The number of benzene rings is 1. The Bertz CT molecular complexity index is 427. The Morgan fingerprint density at radius 2 is 2.12 bits per heavy atom. The highest BCUT2D eigenvalue weighted by atomic mass is 32.2. The third kappa shape index (κ3) is 3.97. The summed E-state index contributed by atoms with van der Waals surface area (Å²) in [5, 5.41) is 0. The highest BCUT2D eigenvalue weighted by Crippen LogP contribution is 2.20. The molecule has 0 spiro atoms. The fourth-order valence-electron chi connectivity index (χ4n) is 1.55. The predicted octanol–water partition coefficient (Wildman–Crippen LogP) is 2.35. The molecule has 1 atom stereocenters. The topological polar surface area (TPSA) is 43.4 Å². The van der Waals surface area contributed by atoms with E-state index in [4.69, 9.17) is 4.74 Å². The standard InChI is InChI=1S/C13H18O3S/c1-4-7-17(15)9-12(14)11-6-5-10(2)8-13(11)16-3/h5-6,8H,4,7,9H2,1-3H3. The lowest BCUT2D eigenvalue weighted by Crippen LogP contribution is -2.14. The van der Waals surface area contributed by atoms with Gasteiger partial charge in [0.2, 0.25) is 0 Å². The average molecular weight is 254 g/mol. The summed E-state index contributed by atoms with van der Waals surface area (Å²) in [7, 11) is 0.465. The minimum absolute atomic E-state index is 0.0766. The Morgan fingerprint density at radius 1 is 1.41 bits per heavy atom. The Kier molecular flexibility index (Phi) is 5.35. The maximum Gasteiger partial charge on any atom is 0.179 e. The van der Waals surface area contributed by atoms with Crippen molar-refractivity contribution in [1.82, 2.24) is 0 Å². The zero-order valence-corrected chi connectivity index (χ0v) is 11.3. The second-order valence-corrected chi connectivity index (χ2v) is 5.49. The minimum atomic E-state index is -1.07. The van der Waals surface area contributed by atoms with E-state index in [1.807, 2.05) is 26.0 Å². The van der Waals surface area contributed by atoms with Gasteiger partial charge in [0, 0.05) is 16.6 Å². The maximum atomic E-state index is 11.9. The normalized spacial score (nSPS) is 12.2. The third-order valence-corrected chi connectivity index (χ3v) is 3.83. The number of aryl methyl sites for hydroxylation is 1. The van der Waals surface area contributed by atoms with E-state index in [2.05, 4.69) is 0 Å². The second-order valence-electron chi connectivity index (χ2n) is 3.92. The van der Waals surface area contributed by atoms with Crippen LogP contribution in [-0.4, -0.2) is 28.6 Å². The minimum Gasteiger partial charge on any atom is -0.496 e. The Hall–Kier alpha value is -1.16. The molecule has 0 bridgehead atoms. The van der Waals surface area contributed by atoms with E-state index in [1.54, 1.807) is 6.07 Å². The van der Waals surface area contributed by atoms with Crippen molar-refractivity contribution in [2.75, 3.05) is 18.6 Å². The SMILES string of the molecule is CCCS(=O)CC(=O)c1ccc(C)cc1OC. The molecule has 0 radical (unpaired) electrons. The number of carbonyl (C=O) groups excluding carboxylic acids is 1. The molecule has 0 aliphatic rings. The first-order chi connectivity index (χ1) is 8.08. The molecule has 1 aromatic rings. The largest absolute Gasteiger partial charge is 0.496 e. The third-order valence-electron chi connectivity index (χ3n) is 2.38. The van der Waals surface area contributed by atoms with E-state index < -0.39 is 10.8 Å².